The maximum Gasteiger partial charge on any atom is 0.157 e. The van der Waals surface area contributed by atoms with Crippen molar-refractivity contribution in [3.8, 4) is 0 Å². The normalized spacial score (nSPS) is 10.9. The molecule has 0 aliphatic rings. The molecular weight excluding hydrogens is 231 g/mol. The Hall–Kier alpha value is -2.43. The Bertz CT molecular complexity index is 688. The molecule has 0 unspecified atom stereocenters. The number of nitrogens with zero attached hydrogens (tertiary/aromatic N) is 3. The number of anilines is 1. The highest BCUT2D eigenvalue weighted by atomic mass is 19.1. The molecular formula is C13H11FN4. The van der Waals surface area contributed by atoms with Gasteiger partial charge in [0, 0.05) is 24.4 Å². The van der Waals surface area contributed by atoms with E-state index in [4.69, 9.17) is 5.73 Å². The highest BCUT2D eigenvalue weighted by Crippen LogP contribution is 2.11. The number of nitrogen functional groups attached to an aromatic ring is 1. The van der Waals surface area contributed by atoms with E-state index >= 15 is 0 Å². The van der Waals surface area contributed by atoms with Crippen molar-refractivity contribution in [1.29, 1.82) is 0 Å². The lowest BCUT2D eigenvalue weighted by molar-refractivity contribution is 0.627. The number of nitrogens with two attached hydrogens (primary N) is 1. The van der Waals surface area contributed by atoms with Crippen molar-refractivity contribution in [2.24, 2.45) is 0 Å². The quantitative estimate of drug-likeness (QED) is 0.748. The van der Waals surface area contributed by atoms with E-state index in [1.807, 2.05) is 0 Å². The van der Waals surface area contributed by atoms with E-state index in [-0.39, 0.29) is 5.82 Å². The highest BCUT2D eigenvalue weighted by molar-refractivity contribution is 5.50. The molecule has 0 amide bonds. The summed E-state index contributed by atoms with van der Waals surface area (Å²) in [6.07, 6.45) is 2.34. The summed E-state index contributed by atoms with van der Waals surface area (Å²) >= 11 is 0. The summed E-state index contributed by atoms with van der Waals surface area (Å²) in [7, 11) is 0. The Morgan fingerprint density at radius 1 is 1.17 bits per heavy atom. The fourth-order valence-electron chi connectivity index (χ4n) is 1.80. The number of rotatable bonds is 2. The lowest BCUT2D eigenvalue weighted by Gasteiger charge is -1.95. The molecule has 0 radical (unpaired) electrons. The van der Waals surface area contributed by atoms with Gasteiger partial charge in [-0.1, -0.05) is 12.1 Å². The zero-order valence-corrected chi connectivity index (χ0v) is 9.55. The minimum atomic E-state index is -0.241. The summed E-state index contributed by atoms with van der Waals surface area (Å²) in [4.78, 5) is 4.37. The predicted molar refractivity (Wildman–Crippen MR) is 66.6 cm³/mol. The molecule has 0 aliphatic carbocycles. The molecule has 0 aliphatic heterocycles. The fraction of sp³-hybridized carbons (Fsp3) is 0.0769. The van der Waals surface area contributed by atoms with Crippen LogP contribution in [0.3, 0.4) is 0 Å². The molecule has 0 bridgehead atoms. The Labute approximate surface area is 103 Å². The van der Waals surface area contributed by atoms with Crippen molar-refractivity contribution < 1.29 is 4.39 Å². The van der Waals surface area contributed by atoms with Crippen LogP contribution in [-0.4, -0.2) is 14.6 Å². The standard InChI is InChI=1S/C13H11FN4/c14-10-3-1-9(2-4-10)7-12-16-13-8-11(15)5-6-18(13)17-12/h1-6,8H,7,15H2. The molecule has 4 nitrogen and oxygen atoms in total. The van der Waals surface area contributed by atoms with Gasteiger partial charge >= 0.3 is 0 Å². The predicted octanol–water partition coefficient (Wildman–Crippen LogP) is 2.04. The van der Waals surface area contributed by atoms with Crippen molar-refractivity contribution >= 4 is 11.3 Å². The first-order valence-corrected chi connectivity index (χ1v) is 5.56. The molecule has 2 heterocycles. The van der Waals surface area contributed by atoms with E-state index in [1.54, 1.807) is 35.0 Å². The van der Waals surface area contributed by atoms with Crippen LogP contribution < -0.4 is 5.73 Å². The van der Waals surface area contributed by atoms with Gasteiger partial charge in [0.05, 0.1) is 0 Å². The van der Waals surface area contributed by atoms with Gasteiger partial charge in [0.1, 0.15) is 5.82 Å². The maximum absolute atomic E-state index is 12.8. The monoisotopic (exact) mass is 242 g/mol. The van der Waals surface area contributed by atoms with Crippen LogP contribution in [-0.2, 0) is 6.42 Å². The Morgan fingerprint density at radius 2 is 1.94 bits per heavy atom. The van der Waals surface area contributed by atoms with Crippen LogP contribution in [0.4, 0.5) is 10.1 Å². The van der Waals surface area contributed by atoms with Gasteiger partial charge in [-0.25, -0.2) is 13.9 Å². The van der Waals surface area contributed by atoms with Gasteiger partial charge < -0.3 is 5.73 Å². The average Bonchev–Trinajstić information content (AvgIpc) is 2.73. The van der Waals surface area contributed by atoms with Gasteiger partial charge in [-0.3, -0.25) is 0 Å². The number of halogens is 1. The molecule has 0 saturated heterocycles. The van der Waals surface area contributed by atoms with E-state index in [9.17, 15) is 4.39 Å². The van der Waals surface area contributed by atoms with Crippen LogP contribution in [0.5, 0.6) is 0 Å². The maximum atomic E-state index is 12.8. The first-order valence-electron chi connectivity index (χ1n) is 5.56. The summed E-state index contributed by atoms with van der Waals surface area (Å²) in [6, 6.07) is 9.86. The number of hydrogen-bond donors (Lipinski definition) is 1. The lowest BCUT2D eigenvalue weighted by atomic mass is 10.1. The lowest BCUT2D eigenvalue weighted by Crippen LogP contribution is -1.92. The molecule has 0 atom stereocenters. The number of fused-ring (bicyclic) bond motifs is 1. The fourth-order valence-corrected chi connectivity index (χ4v) is 1.80. The molecule has 2 aromatic heterocycles. The number of hydrogen-bond acceptors (Lipinski definition) is 3. The molecule has 2 N–H and O–H groups in total. The molecule has 5 heteroatoms. The van der Waals surface area contributed by atoms with Gasteiger partial charge in [-0.2, -0.15) is 5.10 Å². The summed E-state index contributed by atoms with van der Waals surface area (Å²) < 4.78 is 14.5. The molecule has 18 heavy (non-hydrogen) atoms. The average molecular weight is 242 g/mol. The summed E-state index contributed by atoms with van der Waals surface area (Å²) in [6.45, 7) is 0. The Kier molecular flexibility index (Phi) is 2.44. The molecule has 0 saturated carbocycles. The molecule has 3 aromatic rings. The van der Waals surface area contributed by atoms with Crippen molar-refractivity contribution in [2.75, 3.05) is 5.73 Å². The van der Waals surface area contributed by atoms with E-state index in [0.717, 1.165) is 5.56 Å². The molecule has 90 valence electrons. The first-order chi connectivity index (χ1) is 8.70. The zero-order valence-electron chi connectivity index (χ0n) is 9.55. The van der Waals surface area contributed by atoms with Crippen molar-refractivity contribution in [3.63, 3.8) is 0 Å². The van der Waals surface area contributed by atoms with Crippen LogP contribution in [0, 0.1) is 5.82 Å². The summed E-state index contributed by atoms with van der Waals surface area (Å²) in [5, 5.41) is 4.33. The molecule has 0 spiro atoms. The van der Waals surface area contributed by atoms with Crippen LogP contribution in [0.25, 0.3) is 5.65 Å². The van der Waals surface area contributed by atoms with E-state index in [1.165, 1.54) is 12.1 Å². The number of benzene rings is 1. The third kappa shape index (κ3) is 2.02. The minimum Gasteiger partial charge on any atom is -0.399 e. The van der Waals surface area contributed by atoms with Gasteiger partial charge in [0.25, 0.3) is 0 Å². The van der Waals surface area contributed by atoms with Gasteiger partial charge in [0.2, 0.25) is 0 Å². The summed E-state index contributed by atoms with van der Waals surface area (Å²) in [5.74, 6) is 0.446. The van der Waals surface area contributed by atoms with Crippen molar-refractivity contribution in [3.05, 3.63) is 59.8 Å². The van der Waals surface area contributed by atoms with Crippen molar-refractivity contribution in [2.45, 2.75) is 6.42 Å². The van der Waals surface area contributed by atoms with Crippen molar-refractivity contribution in [1.82, 2.24) is 14.6 Å². The zero-order chi connectivity index (χ0) is 12.5. The third-order valence-corrected chi connectivity index (χ3v) is 2.68. The van der Waals surface area contributed by atoms with Crippen LogP contribution >= 0.6 is 0 Å². The van der Waals surface area contributed by atoms with E-state index < -0.39 is 0 Å². The second-order valence-corrected chi connectivity index (χ2v) is 4.09. The SMILES string of the molecule is Nc1ccn2nc(Cc3ccc(F)cc3)nc2c1. The first kappa shape index (κ1) is 10.7. The largest absolute Gasteiger partial charge is 0.399 e. The van der Waals surface area contributed by atoms with Crippen LogP contribution in [0.1, 0.15) is 11.4 Å². The second-order valence-electron chi connectivity index (χ2n) is 4.09. The van der Waals surface area contributed by atoms with Gasteiger partial charge in [-0.15, -0.1) is 0 Å². The Balaban J connectivity index is 1.92. The van der Waals surface area contributed by atoms with Gasteiger partial charge in [-0.05, 0) is 23.8 Å². The smallest absolute Gasteiger partial charge is 0.157 e. The molecule has 3 rings (SSSR count). The van der Waals surface area contributed by atoms with E-state index in [2.05, 4.69) is 10.1 Å². The third-order valence-electron chi connectivity index (χ3n) is 2.68. The highest BCUT2D eigenvalue weighted by Gasteiger charge is 2.05. The Morgan fingerprint density at radius 3 is 2.72 bits per heavy atom. The van der Waals surface area contributed by atoms with Crippen LogP contribution in [0.2, 0.25) is 0 Å². The topological polar surface area (TPSA) is 56.2 Å². The summed E-state index contributed by atoms with van der Waals surface area (Å²) in [5.41, 5.74) is 8.02. The molecule has 1 aromatic carbocycles. The number of aromatic nitrogens is 3. The van der Waals surface area contributed by atoms with Crippen LogP contribution in [0.15, 0.2) is 42.6 Å². The number of pyridine rings is 1. The van der Waals surface area contributed by atoms with E-state index in [0.29, 0.717) is 23.6 Å². The second kappa shape index (κ2) is 4.10. The van der Waals surface area contributed by atoms with Gasteiger partial charge in [0.15, 0.2) is 11.5 Å². The molecule has 0 fully saturated rings. The minimum absolute atomic E-state index is 0.241.